The van der Waals surface area contributed by atoms with Gasteiger partial charge < -0.3 is 10.1 Å². The number of carbonyl (C=O) groups excluding carboxylic acids is 3. The first kappa shape index (κ1) is 21.0. The zero-order valence-corrected chi connectivity index (χ0v) is 16.8. The number of esters is 1. The minimum Gasteiger partial charge on any atom is -0.463 e. The number of thioether (sulfide) groups is 1. The summed E-state index contributed by atoms with van der Waals surface area (Å²) in [6, 6.07) is 9.37. The van der Waals surface area contributed by atoms with E-state index in [0.29, 0.717) is 5.03 Å². The fourth-order valence-corrected chi connectivity index (χ4v) is 3.77. The van der Waals surface area contributed by atoms with Gasteiger partial charge in [-0.1, -0.05) is 42.1 Å². The molecular formula is C20H26N2O4S. The van der Waals surface area contributed by atoms with Crippen molar-refractivity contribution in [3.63, 3.8) is 0 Å². The predicted octanol–water partition coefficient (Wildman–Crippen LogP) is 2.49. The van der Waals surface area contributed by atoms with E-state index in [0.717, 1.165) is 12.8 Å². The van der Waals surface area contributed by atoms with Crippen LogP contribution in [-0.2, 0) is 25.5 Å². The summed E-state index contributed by atoms with van der Waals surface area (Å²) in [5.74, 6) is -0.716. The van der Waals surface area contributed by atoms with Crippen LogP contribution in [0, 0.1) is 0 Å². The number of aryl methyl sites for hydroxylation is 1. The highest BCUT2D eigenvalue weighted by Crippen LogP contribution is 2.31. The van der Waals surface area contributed by atoms with Crippen LogP contribution in [0.15, 0.2) is 41.4 Å². The normalized spacial score (nSPS) is 17.7. The first-order valence-electron chi connectivity index (χ1n) is 9.10. The Morgan fingerprint density at radius 2 is 2.00 bits per heavy atom. The first-order valence-corrected chi connectivity index (χ1v) is 10.1. The van der Waals surface area contributed by atoms with Gasteiger partial charge in [-0.05, 0) is 39.2 Å². The summed E-state index contributed by atoms with van der Waals surface area (Å²) < 4.78 is 4.90. The Labute approximate surface area is 164 Å². The second-order valence-electron chi connectivity index (χ2n) is 6.40. The van der Waals surface area contributed by atoms with Crippen LogP contribution in [0.4, 0.5) is 0 Å². The molecule has 27 heavy (non-hydrogen) atoms. The van der Waals surface area contributed by atoms with Gasteiger partial charge in [-0.3, -0.25) is 14.5 Å². The van der Waals surface area contributed by atoms with Crippen molar-refractivity contribution in [3.05, 3.63) is 47.0 Å². The topological polar surface area (TPSA) is 75.7 Å². The van der Waals surface area contributed by atoms with E-state index in [9.17, 15) is 14.4 Å². The number of nitrogens with zero attached hydrogens (tertiary/aromatic N) is 1. The van der Waals surface area contributed by atoms with Crippen molar-refractivity contribution in [2.45, 2.75) is 45.7 Å². The molecule has 0 bridgehead atoms. The van der Waals surface area contributed by atoms with Crippen LogP contribution < -0.4 is 5.32 Å². The van der Waals surface area contributed by atoms with Crippen LogP contribution in [-0.4, -0.2) is 47.1 Å². The van der Waals surface area contributed by atoms with Crippen molar-refractivity contribution in [1.82, 2.24) is 10.2 Å². The van der Waals surface area contributed by atoms with Crippen molar-refractivity contribution in [3.8, 4) is 0 Å². The lowest BCUT2D eigenvalue weighted by Gasteiger charge is -2.25. The number of amides is 2. The smallest absolute Gasteiger partial charge is 0.333 e. The predicted molar refractivity (Wildman–Crippen MR) is 106 cm³/mol. The van der Waals surface area contributed by atoms with Gasteiger partial charge in [0.1, 0.15) is 6.04 Å². The zero-order chi connectivity index (χ0) is 19.8. The van der Waals surface area contributed by atoms with Gasteiger partial charge in [-0.15, -0.1) is 0 Å². The van der Waals surface area contributed by atoms with Gasteiger partial charge in [0.05, 0.1) is 23.5 Å². The quantitative estimate of drug-likeness (QED) is 0.545. The average Bonchev–Trinajstić information content (AvgIpc) is 3.00. The standard InChI is InChI=1S/C20H26N2O4S/c1-4-26-19(24)12-18-22(17(23)13-27-18)15(3)20(25)21-14(2)10-11-16-8-6-5-7-9-16/h5-9,12,14-15H,4,10-11,13H2,1-3H3,(H,21,25)/b18-12-. The fraction of sp³-hybridized carbons (Fsp3) is 0.450. The van der Waals surface area contributed by atoms with Gasteiger partial charge in [-0.2, -0.15) is 0 Å². The lowest BCUT2D eigenvalue weighted by Crippen LogP contribution is -2.47. The Balaban J connectivity index is 1.93. The maximum atomic E-state index is 12.6. The van der Waals surface area contributed by atoms with Gasteiger partial charge in [0, 0.05) is 6.04 Å². The molecule has 146 valence electrons. The third-order valence-electron chi connectivity index (χ3n) is 4.24. The summed E-state index contributed by atoms with van der Waals surface area (Å²) in [5.41, 5.74) is 1.22. The third-order valence-corrected chi connectivity index (χ3v) is 5.24. The molecule has 2 rings (SSSR count). The molecule has 1 saturated heterocycles. The molecule has 1 aliphatic rings. The van der Waals surface area contributed by atoms with Gasteiger partial charge in [0.25, 0.3) is 0 Å². The van der Waals surface area contributed by atoms with E-state index >= 15 is 0 Å². The van der Waals surface area contributed by atoms with Crippen molar-refractivity contribution >= 4 is 29.5 Å². The Morgan fingerprint density at radius 3 is 2.67 bits per heavy atom. The highest BCUT2D eigenvalue weighted by Gasteiger charge is 2.35. The number of nitrogens with one attached hydrogen (secondary N) is 1. The highest BCUT2D eigenvalue weighted by molar-refractivity contribution is 8.04. The number of benzene rings is 1. The van der Waals surface area contributed by atoms with Crippen LogP contribution in [0.2, 0.25) is 0 Å². The molecule has 0 aromatic heterocycles. The van der Waals surface area contributed by atoms with E-state index in [-0.39, 0.29) is 30.2 Å². The van der Waals surface area contributed by atoms with Crippen LogP contribution >= 0.6 is 11.8 Å². The van der Waals surface area contributed by atoms with E-state index in [1.807, 2.05) is 25.1 Å². The summed E-state index contributed by atoms with van der Waals surface area (Å²) in [6.07, 6.45) is 2.95. The largest absolute Gasteiger partial charge is 0.463 e. The Hall–Kier alpha value is -2.28. The molecule has 7 heteroatoms. The molecule has 1 aliphatic heterocycles. The zero-order valence-electron chi connectivity index (χ0n) is 15.9. The molecule has 0 saturated carbocycles. The van der Waals surface area contributed by atoms with Crippen LogP contribution in [0.1, 0.15) is 32.8 Å². The fourth-order valence-electron chi connectivity index (χ4n) is 2.78. The molecule has 6 nitrogen and oxygen atoms in total. The third kappa shape index (κ3) is 6.13. The maximum Gasteiger partial charge on any atom is 0.333 e. The van der Waals surface area contributed by atoms with Crippen molar-refractivity contribution in [2.75, 3.05) is 12.4 Å². The summed E-state index contributed by atoms with van der Waals surface area (Å²) in [7, 11) is 0. The van der Waals surface area contributed by atoms with Crippen LogP contribution in [0.5, 0.6) is 0 Å². The second-order valence-corrected chi connectivity index (χ2v) is 7.39. The van der Waals surface area contributed by atoms with Gasteiger partial charge in [0.2, 0.25) is 11.8 Å². The van der Waals surface area contributed by atoms with Gasteiger partial charge >= 0.3 is 5.97 Å². The molecule has 1 heterocycles. The highest BCUT2D eigenvalue weighted by atomic mass is 32.2. The molecule has 0 radical (unpaired) electrons. The van der Waals surface area contributed by atoms with Crippen LogP contribution in [0.25, 0.3) is 0 Å². The SMILES string of the molecule is CCOC(=O)/C=C1\SCC(=O)N1C(C)C(=O)NC(C)CCc1ccccc1. The Bertz CT molecular complexity index is 705. The van der Waals surface area contributed by atoms with E-state index in [1.165, 1.54) is 28.3 Å². The van der Waals surface area contributed by atoms with E-state index in [4.69, 9.17) is 4.74 Å². The van der Waals surface area contributed by atoms with E-state index in [2.05, 4.69) is 17.4 Å². The minimum absolute atomic E-state index is 0.0250. The molecule has 2 amide bonds. The molecular weight excluding hydrogens is 364 g/mol. The molecule has 0 spiro atoms. The summed E-state index contributed by atoms with van der Waals surface area (Å²) in [5, 5.41) is 3.42. The second kappa shape index (κ2) is 10.2. The lowest BCUT2D eigenvalue weighted by molar-refractivity contribution is -0.137. The van der Waals surface area contributed by atoms with Crippen molar-refractivity contribution in [2.24, 2.45) is 0 Å². The number of hydrogen-bond donors (Lipinski definition) is 1. The van der Waals surface area contributed by atoms with Gasteiger partial charge in [0.15, 0.2) is 0 Å². The maximum absolute atomic E-state index is 12.6. The van der Waals surface area contributed by atoms with E-state index < -0.39 is 12.0 Å². The van der Waals surface area contributed by atoms with Gasteiger partial charge in [-0.25, -0.2) is 4.79 Å². The van der Waals surface area contributed by atoms with Crippen molar-refractivity contribution < 1.29 is 19.1 Å². The molecule has 0 aliphatic carbocycles. The minimum atomic E-state index is -0.688. The Morgan fingerprint density at radius 1 is 1.30 bits per heavy atom. The van der Waals surface area contributed by atoms with Crippen LogP contribution in [0.3, 0.4) is 0 Å². The summed E-state index contributed by atoms with van der Waals surface area (Å²) >= 11 is 1.24. The number of carbonyl (C=O) groups is 3. The summed E-state index contributed by atoms with van der Waals surface area (Å²) in [4.78, 5) is 37.9. The molecule has 2 unspecified atom stereocenters. The average molecular weight is 391 g/mol. The van der Waals surface area contributed by atoms with E-state index in [1.54, 1.807) is 13.8 Å². The molecule has 2 atom stereocenters. The molecule has 1 aromatic carbocycles. The number of rotatable bonds is 8. The molecule has 1 aromatic rings. The van der Waals surface area contributed by atoms with Crippen molar-refractivity contribution in [1.29, 1.82) is 0 Å². The number of ether oxygens (including phenoxy) is 1. The summed E-state index contributed by atoms with van der Waals surface area (Å²) in [6.45, 7) is 5.59. The molecule has 1 N–H and O–H groups in total. The molecule has 1 fully saturated rings. The lowest BCUT2D eigenvalue weighted by atomic mass is 10.1. The first-order chi connectivity index (χ1) is 12.9. The Kier molecular flexibility index (Phi) is 7.91. The monoisotopic (exact) mass is 390 g/mol. The number of hydrogen-bond acceptors (Lipinski definition) is 5.